The number of carboxylic acids is 2. The van der Waals surface area contributed by atoms with Crippen LogP contribution in [0.2, 0.25) is 0 Å². The van der Waals surface area contributed by atoms with Crippen molar-refractivity contribution >= 4 is 45.9 Å². The van der Waals surface area contributed by atoms with Crippen LogP contribution >= 0.6 is 0 Å². The molecule has 0 saturated heterocycles. The van der Waals surface area contributed by atoms with Gasteiger partial charge in [-0.05, 0) is 30.6 Å². The van der Waals surface area contributed by atoms with Crippen molar-refractivity contribution in [2.45, 2.75) is 0 Å². The fourth-order valence-electron chi connectivity index (χ4n) is 3.16. The summed E-state index contributed by atoms with van der Waals surface area (Å²) in [4.78, 5) is 44.7. The molecule has 0 unspecified atom stereocenters. The minimum atomic E-state index is -1.82. The number of likely N-dealkylation sites (N-methyl/N-ethyl adjacent to an activating group) is 1. The Hall–Kier alpha value is -4.64. The van der Waals surface area contributed by atoms with Crippen molar-refractivity contribution in [3.63, 3.8) is 0 Å². The van der Waals surface area contributed by atoms with Crippen molar-refractivity contribution in [1.29, 1.82) is 0 Å². The first-order valence-corrected chi connectivity index (χ1v) is 10.6. The molecule has 0 aliphatic heterocycles. The molecular weight excluding hydrogens is 470 g/mol. The lowest BCUT2D eigenvalue weighted by atomic mass is 10.1. The number of aliphatic carboxylic acids is 2. The Morgan fingerprint density at radius 3 is 1.94 bits per heavy atom. The Kier molecular flexibility index (Phi) is 10.2. The number of carbonyl (C=O) groups excluding carboxylic acids is 2. The van der Waals surface area contributed by atoms with Crippen molar-refractivity contribution in [3.05, 3.63) is 60.7 Å². The molecule has 3 aromatic carbocycles. The monoisotopic (exact) mass is 497 g/mol. The molecule has 11 nitrogen and oxygen atoms in total. The topological polar surface area (TPSA) is 154 Å². The number of hydrogen-bond donors (Lipinski definition) is 4. The van der Waals surface area contributed by atoms with E-state index in [1.165, 1.54) is 7.11 Å². The van der Waals surface area contributed by atoms with Crippen molar-refractivity contribution in [1.82, 2.24) is 4.90 Å². The van der Waals surface area contributed by atoms with E-state index in [0.717, 1.165) is 16.5 Å². The summed E-state index contributed by atoms with van der Waals surface area (Å²) < 4.78 is 10.4. The highest BCUT2D eigenvalue weighted by Gasteiger charge is 2.14. The number of rotatable bonds is 8. The smallest absolute Gasteiger partial charge is 0.414 e. The summed E-state index contributed by atoms with van der Waals surface area (Å²) in [7, 11) is 4.80. The molecule has 0 fully saturated rings. The highest BCUT2D eigenvalue weighted by molar-refractivity contribution is 6.27. The summed E-state index contributed by atoms with van der Waals surface area (Å²) in [6.45, 7) is 0.133. The number of hydrogen-bond acceptors (Lipinski definition) is 7. The van der Waals surface area contributed by atoms with Crippen LogP contribution in [0.3, 0.4) is 0 Å². The number of methoxy groups -OCH3 is 2. The summed E-state index contributed by atoms with van der Waals surface area (Å²) >= 11 is 0. The average Bonchev–Trinajstić information content (AvgIpc) is 2.84. The average molecular weight is 498 g/mol. The normalized spacial score (nSPS) is 10.1. The molecule has 0 saturated carbocycles. The number of anilines is 2. The summed E-state index contributed by atoms with van der Waals surface area (Å²) in [6.07, 6.45) is 0. The van der Waals surface area contributed by atoms with E-state index in [1.54, 1.807) is 37.3 Å². The van der Waals surface area contributed by atoms with E-state index in [4.69, 9.17) is 29.3 Å². The second kappa shape index (κ2) is 13.3. The van der Waals surface area contributed by atoms with Crippen LogP contribution in [-0.4, -0.2) is 73.2 Å². The molecule has 0 aromatic heterocycles. The maximum Gasteiger partial charge on any atom is 0.414 e. The quantitative estimate of drug-likeness (QED) is 0.344. The predicted molar refractivity (Wildman–Crippen MR) is 134 cm³/mol. The molecule has 0 aliphatic rings. The largest absolute Gasteiger partial charge is 0.497 e. The molecule has 2 amide bonds. The third-order valence-electron chi connectivity index (χ3n) is 4.76. The third kappa shape index (κ3) is 8.29. The third-order valence-corrected chi connectivity index (χ3v) is 4.76. The van der Waals surface area contributed by atoms with Crippen LogP contribution in [0.15, 0.2) is 60.7 Å². The van der Waals surface area contributed by atoms with Gasteiger partial charge in [-0.1, -0.05) is 36.4 Å². The molecule has 0 aliphatic carbocycles. The first-order chi connectivity index (χ1) is 17.1. The van der Waals surface area contributed by atoms with Gasteiger partial charge in [0.2, 0.25) is 11.8 Å². The van der Waals surface area contributed by atoms with E-state index in [-0.39, 0.29) is 24.9 Å². The lowest BCUT2D eigenvalue weighted by Crippen LogP contribution is -2.36. The number of benzene rings is 3. The zero-order chi connectivity index (χ0) is 26.7. The maximum atomic E-state index is 12.5. The van der Waals surface area contributed by atoms with Crippen LogP contribution in [0.25, 0.3) is 10.8 Å². The Bertz CT molecular complexity index is 1230. The number of nitrogens with zero attached hydrogens (tertiary/aromatic N) is 1. The highest BCUT2D eigenvalue weighted by Crippen LogP contribution is 2.29. The number of amides is 2. The van der Waals surface area contributed by atoms with Crippen LogP contribution in [0.1, 0.15) is 0 Å². The molecule has 11 heteroatoms. The number of fused-ring (bicyclic) bond motifs is 1. The lowest BCUT2D eigenvalue weighted by molar-refractivity contribution is -0.159. The van der Waals surface area contributed by atoms with Gasteiger partial charge >= 0.3 is 11.9 Å². The second-order valence-corrected chi connectivity index (χ2v) is 7.47. The summed E-state index contributed by atoms with van der Waals surface area (Å²) in [5, 5.41) is 22.5. The minimum Gasteiger partial charge on any atom is -0.497 e. The van der Waals surface area contributed by atoms with Gasteiger partial charge in [-0.2, -0.15) is 0 Å². The maximum absolute atomic E-state index is 12.5. The predicted octanol–water partition coefficient (Wildman–Crippen LogP) is 2.52. The zero-order valence-corrected chi connectivity index (χ0v) is 20.0. The van der Waals surface area contributed by atoms with E-state index < -0.39 is 11.9 Å². The molecule has 4 N–H and O–H groups in total. The minimum absolute atomic E-state index is 0.0537. The molecular formula is C25H27N3O8. The Balaban J connectivity index is 0.000000678. The van der Waals surface area contributed by atoms with E-state index in [0.29, 0.717) is 17.2 Å². The van der Waals surface area contributed by atoms with E-state index in [1.807, 2.05) is 42.5 Å². The molecule has 190 valence electrons. The first kappa shape index (κ1) is 27.6. The van der Waals surface area contributed by atoms with E-state index in [2.05, 4.69) is 10.6 Å². The highest BCUT2D eigenvalue weighted by atomic mass is 16.5. The van der Waals surface area contributed by atoms with Gasteiger partial charge in [0.1, 0.15) is 11.5 Å². The number of nitrogens with one attached hydrogen (secondary N) is 2. The molecule has 0 atom stereocenters. The Morgan fingerprint density at radius 2 is 1.36 bits per heavy atom. The summed E-state index contributed by atoms with van der Waals surface area (Å²) in [6, 6.07) is 18.7. The van der Waals surface area contributed by atoms with Crippen molar-refractivity contribution < 1.29 is 38.9 Å². The van der Waals surface area contributed by atoms with Gasteiger partial charge in [0.05, 0.1) is 33.0 Å². The Labute approximate surface area is 207 Å². The first-order valence-electron chi connectivity index (χ1n) is 10.6. The Morgan fingerprint density at radius 1 is 0.778 bits per heavy atom. The number of ether oxygens (including phenoxy) is 2. The molecule has 0 radical (unpaired) electrons. The van der Waals surface area contributed by atoms with Gasteiger partial charge in [0.25, 0.3) is 0 Å². The van der Waals surface area contributed by atoms with Crippen LogP contribution in [0, 0.1) is 0 Å². The summed E-state index contributed by atoms with van der Waals surface area (Å²) in [5.74, 6) is -2.96. The molecule has 3 aromatic rings. The van der Waals surface area contributed by atoms with Gasteiger partial charge in [0, 0.05) is 17.1 Å². The lowest BCUT2D eigenvalue weighted by Gasteiger charge is -2.17. The van der Waals surface area contributed by atoms with Crippen LogP contribution < -0.4 is 20.1 Å². The number of carbonyl (C=O) groups is 4. The standard InChI is InChI=1S/C23H25N3O4.C2H2O4/c1-26(15-23(28)25-20-12-11-17(29-2)13-21(20)30-3)14-22(27)24-19-10-6-8-16-7-4-5-9-18(16)19;3-1(4)2(5)6/h4-13H,14-15H2,1-3H3,(H,24,27)(H,25,28);(H,3,4)(H,5,6). The molecule has 3 rings (SSSR count). The van der Waals surface area contributed by atoms with Gasteiger partial charge in [-0.15, -0.1) is 0 Å². The fourth-order valence-corrected chi connectivity index (χ4v) is 3.16. The zero-order valence-electron chi connectivity index (χ0n) is 20.0. The van der Waals surface area contributed by atoms with Crippen LogP contribution in [0.5, 0.6) is 11.5 Å². The molecule has 0 bridgehead atoms. The molecule has 0 spiro atoms. The van der Waals surface area contributed by atoms with E-state index in [9.17, 15) is 9.59 Å². The number of carboxylic acid groups (broad SMARTS) is 2. The second-order valence-electron chi connectivity index (χ2n) is 7.47. The van der Waals surface area contributed by atoms with Crippen molar-refractivity contribution in [2.75, 3.05) is 45.0 Å². The summed E-state index contributed by atoms with van der Waals surface area (Å²) in [5.41, 5.74) is 1.29. The van der Waals surface area contributed by atoms with Gasteiger partial charge in [-0.3, -0.25) is 14.5 Å². The van der Waals surface area contributed by atoms with Crippen LogP contribution in [0.4, 0.5) is 11.4 Å². The van der Waals surface area contributed by atoms with Gasteiger partial charge < -0.3 is 30.3 Å². The van der Waals surface area contributed by atoms with Gasteiger partial charge in [0.15, 0.2) is 0 Å². The van der Waals surface area contributed by atoms with Crippen molar-refractivity contribution in [2.24, 2.45) is 0 Å². The van der Waals surface area contributed by atoms with Gasteiger partial charge in [-0.25, -0.2) is 9.59 Å². The molecule has 36 heavy (non-hydrogen) atoms. The SMILES string of the molecule is COc1ccc(NC(=O)CN(C)CC(=O)Nc2cccc3ccccc23)c(OC)c1.O=C(O)C(=O)O. The van der Waals surface area contributed by atoms with Crippen molar-refractivity contribution in [3.8, 4) is 11.5 Å². The fraction of sp³-hybridized carbons (Fsp3) is 0.200. The molecule has 0 heterocycles. The van der Waals surface area contributed by atoms with Crippen LogP contribution in [-0.2, 0) is 19.2 Å². The van der Waals surface area contributed by atoms with E-state index >= 15 is 0 Å².